The highest BCUT2D eigenvalue weighted by Crippen LogP contribution is 2.30. The van der Waals surface area contributed by atoms with Crippen molar-refractivity contribution in [1.29, 1.82) is 0 Å². The minimum Gasteiger partial charge on any atom is -0.457 e. The van der Waals surface area contributed by atoms with Gasteiger partial charge in [0.2, 0.25) is 0 Å². The minimum atomic E-state index is -0.274. The maximum atomic E-state index is 13.4. The van der Waals surface area contributed by atoms with Crippen molar-refractivity contribution in [3.05, 3.63) is 57.8 Å². The van der Waals surface area contributed by atoms with Crippen LogP contribution in [0.15, 0.2) is 40.9 Å². The molecule has 0 aromatic heterocycles. The monoisotopic (exact) mass is 323 g/mol. The molecular weight excluding hydrogens is 309 g/mol. The predicted octanol–water partition coefficient (Wildman–Crippen LogP) is 4.71. The smallest absolute Gasteiger partial charge is 0.130 e. The first-order chi connectivity index (χ1) is 8.97. The third-order valence-electron chi connectivity index (χ3n) is 2.84. The Morgan fingerprint density at radius 2 is 1.79 bits per heavy atom. The van der Waals surface area contributed by atoms with Crippen LogP contribution in [-0.4, -0.2) is 0 Å². The van der Waals surface area contributed by atoms with Gasteiger partial charge in [0.05, 0.1) is 0 Å². The Hall–Kier alpha value is -1.39. The summed E-state index contributed by atoms with van der Waals surface area (Å²) in [5.74, 6) is 0.840. The number of aryl methyl sites for hydroxylation is 1. The summed E-state index contributed by atoms with van der Waals surface area (Å²) >= 11 is 3.45. The van der Waals surface area contributed by atoms with Crippen LogP contribution in [0.1, 0.15) is 24.1 Å². The zero-order valence-electron chi connectivity index (χ0n) is 10.8. The fraction of sp³-hybridized carbons (Fsp3) is 0.200. The highest BCUT2D eigenvalue weighted by atomic mass is 79.9. The van der Waals surface area contributed by atoms with E-state index in [1.807, 2.05) is 25.1 Å². The van der Waals surface area contributed by atoms with Crippen LogP contribution >= 0.6 is 15.9 Å². The van der Waals surface area contributed by atoms with Crippen LogP contribution in [-0.2, 0) is 0 Å². The maximum absolute atomic E-state index is 13.4. The number of benzene rings is 2. The molecule has 0 fully saturated rings. The molecule has 4 heteroatoms. The van der Waals surface area contributed by atoms with Gasteiger partial charge >= 0.3 is 0 Å². The largest absolute Gasteiger partial charge is 0.457 e. The van der Waals surface area contributed by atoms with Crippen molar-refractivity contribution >= 4 is 15.9 Å². The molecule has 0 aliphatic heterocycles. The molecule has 100 valence electrons. The van der Waals surface area contributed by atoms with E-state index < -0.39 is 0 Å². The Morgan fingerprint density at radius 1 is 1.16 bits per heavy atom. The lowest BCUT2D eigenvalue weighted by Gasteiger charge is -2.11. The van der Waals surface area contributed by atoms with E-state index in [-0.39, 0.29) is 11.9 Å². The molecule has 0 saturated heterocycles. The summed E-state index contributed by atoms with van der Waals surface area (Å²) < 4.78 is 19.9. The number of halogens is 2. The van der Waals surface area contributed by atoms with Crippen molar-refractivity contribution in [2.24, 2.45) is 5.73 Å². The molecule has 0 bridgehead atoms. The number of hydrogen-bond acceptors (Lipinski definition) is 2. The molecule has 0 radical (unpaired) electrons. The third-order valence-corrected chi connectivity index (χ3v) is 3.53. The van der Waals surface area contributed by atoms with E-state index in [9.17, 15) is 4.39 Å². The number of rotatable bonds is 3. The Bertz CT molecular complexity index is 599. The van der Waals surface area contributed by atoms with Gasteiger partial charge in [-0.2, -0.15) is 0 Å². The molecular formula is C15H15BrFNO. The molecule has 2 aromatic carbocycles. The predicted molar refractivity (Wildman–Crippen MR) is 78.0 cm³/mol. The Morgan fingerprint density at radius 3 is 2.37 bits per heavy atom. The quantitative estimate of drug-likeness (QED) is 0.887. The van der Waals surface area contributed by atoms with Gasteiger partial charge in [-0.1, -0.05) is 28.1 Å². The molecule has 2 rings (SSSR count). The van der Waals surface area contributed by atoms with Crippen molar-refractivity contribution < 1.29 is 9.13 Å². The van der Waals surface area contributed by atoms with Gasteiger partial charge in [-0.15, -0.1) is 0 Å². The molecule has 2 nitrogen and oxygen atoms in total. The molecule has 2 aromatic rings. The number of ether oxygens (including phenoxy) is 1. The van der Waals surface area contributed by atoms with E-state index in [0.717, 1.165) is 10.0 Å². The van der Waals surface area contributed by atoms with Crippen molar-refractivity contribution in [1.82, 2.24) is 0 Å². The van der Waals surface area contributed by atoms with Crippen LogP contribution in [0, 0.1) is 12.7 Å². The van der Waals surface area contributed by atoms with E-state index in [1.165, 1.54) is 6.07 Å². The summed E-state index contributed by atoms with van der Waals surface area (Å²) in [7, 11) is 0. The second kappa shape index (κ2) is 5.72. The number of nitrogens with two attached hydrogens (primary N) is 1. The molecule has 0 aliphatic rings. The van der Waals surface area contributed by atoms with Gasteiger partial charge in [0, 0.05) is 16.6 Å². The molecule has 0 saturated carbocycles. The van der Waals surface area contributed by atoms with Crippen LogP contribution < -0.4 is 10.5 Å². The molecule has 0 unspecified atom stereocenters. The zero-order valence-corrected chi connectivity index (χ0v) is 12.4. The van der Waals surface area contributed by atoms with E-state index >= 15 is 0 Å². The van der Waals surface area contributed by atoms with Gasteiger partial charge in [0.25, 0.3) is 0 Å². The molecule has 2 N–H and O–H groups in total. The van der Waals surface area contributed by atoms with Crippen LogP contribution in [0.5, 0.6) is 11.5 Å². The Labute approximate surface area is 120 Å². The van der Waals surface area contributed by atoms with Crippen LogP contribution in [0.2, 0.25) is 0 Å². The second-order valence-electron chi connectivity index (χ2n) is 4.49. The first-order valence-corrected chi connectivity index (χ1v) is 6.75. The standard InChI is InChI=1S/C15H15BrFNO/c1-9-3-4-12(8-15(9)17)19-11-5-6-13(10(2)18)14(16)7-11/h3-8,10H,18H2,1-2H3/t10-/m0/s1. The SMILES string of the molecule is Cc1ccc(Oc2ccc([C@H](C)N)c(Br)c2)cc1F. The summed E-state index contributed by atoms with van der Waals surface area (Å²) in [4.78, 5) is 0. The Balaban J connectivity index is 2.24. The van der Waals surface area contributed by atoms with Crippen molar-refractivity contribution in [3.8, 4) is 11.5 Å². The maximum Gasteiger partial charge on any atom is 0.130 e. The van der Waals surface area contributed by atoms with Gasteiger partial charge in [-0.25, -0.2) is 4.39 Å². The fourth-order valence-corrected chi connectivity index (χ4v) is 2.43. The van der Waals surface area contributed by atoms with Crippen molar-refractivity contribution in [3.63, 3.8) is 0 Å². The molecule has 0 spiro atoms. The lowest BCUT2D eigenvalue weighted by atomic mass is 10.1. The topological polar surface area (TPSA) is 35.2 Å². The van der Waals surface area contributed by atoms with Gasteiger partial charge in [0.1, 0.15) is 17.3 Å². The fourth-order valence-electron chi connectivity index (χ4n) is 1.71. The molecule has 19 heavy (non-hydrogen) atoms. The minimum absolute atomic E-state index is 0.0553. The first kappa shape index (κ1) is 14.0. The van der Waals surface area contributed by atoms with Crippen LogP contribution in [0.25, 0.3) is 0 Å². The van der Waals surface area contributed by atoms with E-state index in [2.05, 4.69) is 15.9 Å². The summed E-state index contributed by atoms with van der Waals surface area (Å²) in [6, 6.07) is 10.3. The summed E-state index contributed by atoms with van der Waals surface area (Å²) in [6.45, 7) is 3.63. The van der Waals surface area contributed by atoms with Crippen LogP contribution in [0.3, 0.4) is 0 Å². The van der Waals surface area contributed by atoms with Gasteiger partial charge in [0.15, 0.2) is 0 Å². The van der Waals surface area contributed by atoms with Crippen molar-refractivity contribution in [2.45, 2.75) is 19.9 Å². The van der Waals surface area contributed by atoms with Gasteiger partial charge in [-0.3, -0.25) is 0 Å². The normalized spacial score (nSPS) is 12.3. The van der Waals surface area contributed by atoms with E-state index in [1.54, 1.807) is 19.1 Å². The Kier molecular flexibility index (Phi) is 4.22. The second-order valence-corrected chi connectivity index (χ2v) is 5.34. The van der Waals surface area contributed by atoms with E-state index in [4.69, 9.17) is 10.5 Å². The van der Waals surface area contributed by atoms with Crippen LogP contribution in [0.4, 0.5) is 4.39 Å². The molecule has 0 aliphatic carbocycles. The third kappa shape index (κ3) is 3.33. The molecule has 0 amide bonds. The average Bonchev–Trinajstić information content (AvgIpc) is 2.33. The van der Waals surface area contributed by atoms with Gasteiger partial charge in [-0.05, 0) is 43.2 Å². The summed E-state index contributed by atoms with van der Waals surface area (Å²) in [5, 5.41) is 0. The highest BCUT2D eigenvalue weighted by molar-refractivity contribution is 9.10. The summed E-state index contributed by atoms with van der Waals surface area (Å²) in [5.41, 5.74) is 7.43. The lowest BCUT2D eigenvalue weighted by molar-refractivity contribution is 0.475. The zero-order chi connectivity index (χ0) is 14.0. The summed E-state index contributed by atoms with van der Waals surface area (Å²) in [6.07, 6.45) is 0. The highest BCUT2D eigenvalue weighted by Gasteiger charge is 2.07. The van der Waals surface area contributed by atoms with Crippen molar-refractivity contribution in [2.75, 3.05) is 0 Å². The lowest BCUT2D eigenvalue weighted by Crippen LogP contribution is -2.05. The van der Waals surface area contributed by atoms with Gasteiger partial charge < -0.3 is 10.5 Å². The molecule has 1 atom stereocenters. The van der Waals surface area contributed by atoms with E-state index in [0.29, 0.717) is 17.1 Å². The first-order valence-electron chi connectivity index (χ1n) is 5.96. The molecule has 0 heterocycles. The average molecular weight is 324 g/mol. The number of hydrogen-bond donors (Lipinski definition) is 1.